The Morgan fingerprint density at radius 1 is 1.30 bits per heavy atom. The quantitative estimate of drug-likeness (QED) is 0.340. The van der Waals surface area contributed by atoms with Gasteiger partial charge in [0.25, 0.3) is 0 Å². The van der Waals surface area contributed by atoms with Gasteiger partial charge in [-0.15, -0.1) is 24.0 Å². The molecule has 0 unspecified atom stereocenters. The fourth-order valence-electron chi connectivity index (χ4n) is 2.00. The summed E-state index contributed by atoms with van der Waals surface area (Å²) in [6, 6.07) is 6.24. The molecule has 5 heteroatoms. The molecule has 2 rings (SSSR count). The second-order valence-corrected chi connectivity index (χ2v) is 5.29. The lowest BCUT2D eigenvalue weighted by molar-refractivity contribution is 0.132. The summed E-state index contributed by atoms with van der Waals surface area (Å²) in [6.45, 7) is 6.26. The van der Waals surface area contributed by atoms with Crippen molar-refractivity contribution in [2.45, 2.75) is 26.7 Å². The maximum atomic E-state index is 5.84. The van der Waals surface area contributed by atoms with Crippen LogP contribution in [0.25, 0.3) is 0 Å². The summed E-state index contributed by atoms with van der Waals surface area (Å²) in [6.07, 6.45) is 2.64. The number of nitrogens with one attached hydrogen (secondary N) is 1. The van der Waals surface area contributed by atoms with Crippen LogP contribution in [-0.4, -0.2) is 25.7 Å². The van der Waals surface area contributed by atoms with E-state index in [-0.39, 0.29) is 24.0 Å². The minimum absolute atomic E-state index is 0. The highest BCUT2D eigenvalue weighted by molar-refractivity contribution is 14.0. The molecular weight excluding hydrogens is 365 g/mol. The van der Waals surface area contributed by atoms with Gasteiger partial charge in [0.2, 0.25) is 0 Å². The molecule has 112 valence electrons. The van der Waals surface area contributed by atoms with Gasteiger partial charge in [-0.05, 0) is 55.9 Å². The molecule has 0 aromatic heterocycles. The lowest BCUT2D eigenvalue weighted by Crippen LogP contribution is -2.23. The lowest BCUT2D eigenvalue weighted by Gasteiger charge is -2.08. The van der Waals surface area contributed by atoms with Gasteiger partial charge in [0.15, 0.2) is 5.96 Å². The second kappa shape index (κ2) is 8.46. The third-order valence-electron chi connectivity index (χ3n) is 3.06. The Hall–Kier alpha value is -0.820. The first-order chi connectivity index (χ1) is 9.13. The van der Waals surface area contributed by atoms with Gasteiger partial charge in [-0.2, -0.15) is 0 Å². The first-order valence-corrected chi connectivity index (χ1v) is 6.86. The van der Waals surface area contributed by atoms with E-state index in [0.29, 0.717) is 19.1 Å². The number of benzene rings is 1. The predicted molar refractivity (Wildman–Crippen MR) is 95.0 cm³/mol. The van der Waals surface area contributed by atoms with Crippen LogP contribution in [-0.2, 0) is 4.74 Å². The van der Waals surface area contributed by atoms with Crippen LogP contribution in [0.2, 0.25) is 0 Å². The van der Waals surface area contributed by atoms with Gasteiger partial charge in [-0.3, -0.25) is 4.99 Å². The van der Waals surface area contributed by atoms with Crippen LogP contribution < -0.4 is 11.1 Å². The van der Waals surface area contributed by atoms with E-state index in [1.165, 1.54) is 24.0 Å². The molecule has 0 aliphatic heterocycles. The van der Waals surface area contributed by atoms with Gasteiger partial charge in [0.1, 0.15) is 0 Å². The van der Waals surface area contributed by atoms with Crippen LogP contribution >= 0.6 is 24.0 Å². The van der Waals surface area contributed by atoms with E-state index in [1.807, 2.05) is 0 Å². The third kappa shape index (κ3) is 6.56. The third-order valence-corrected chi connectivity index (χ3v) is 3.06. The van der Waals surface area contributed by atoms with E-state index < -0.39 is 0 Å². The van der Waals surface area contributed by atoms with E-state index in [1.54, 1.807) is 0 Å². The Morgan fingerprint density at radius 3 is 2.55 bits per heavy atom. The number of anilines is 1. The van der Waals surface area contributed by atoms with E-state index in [9.17, 15) is 0 Å². The number of halogens is 1. The van der Waals surface area contributed by atoms with Crippen molar-refractivity contribution >= 4 is 35.6 Å². The molecule has 1 aliphatic carbocycles. The van der Waals surface area contributed by atoms with E-state index >= 15 is 0 Å². The zero-order valence-corrected chi connectivity index (χ0v) is 14.5. The average molecular weight is 389 g/mol. The highest BCUT2D eigenvalue weighted by Crippen LogP contribution is 2.28. The van der Waals surface area contributed by atoms with Crippen molar-refractivity contribution in [2.75, 3.05) is 25.1 Å². The molecule has 4 nitrogen and oxygen atoms in total. The normalized spacial score (nSPS) is 14.8. The fourth-order valence-corrected chi connectivity index (χ4v) is 2.00. The molecule has 0 radical (unpaired) electrons. The SMILES string of the molecule is Cc1cc(C)cc(NC(N)=NCCOCC2CC2)c1.I. The van der Waals surface area contributed by atoms with Gasteiger partial charge >= 0.3 is 0 Å². The summed E-state index contributed by atoms with van der Waals surface area (Å²) in [5, 5.41) is 3.11. The van der Waals surface area contributed by atoms with Crippen LogP contribution in [0.4, 0.5) is 5.69 Å². The van der Waals surface area contributed by atoms with Crippen LogP contribution in [0.15, 0.2) is 23.2 Å². The minimum Gasteiger partial charge on any atom is -0.379 e. The molecule has 0 amide bonds. The Labute approximate surface area is 138 Å². The molecule has 1 fully saturated rings. The largest absolute Gasteiger partial charge is 0.379 e. The minimum atomic E-state index is 0. The molecule has 0 bridgehead atoms. The van der Waals surface area contributed by atoms with Gasteiger partial charge in [-0.1, -0.05) is 6.07 Å². The molecule has 1 aliphatic rings. The Bertz CT molecular complexity index is 438. The molecule has 0 heterocycles. The van der Waals surface area contributed by atoms with Gasteiger partial charge in [-0.25, -0.2) is 0 Å². The van der Waals surface area contributed by atoms with Crippen molar-refractivity contribution in [1.82, 2.24) is 0 Å². The predicted octanol–water partition coefficient (Wildman–Crippen LogP) is 3.07. The van der Waals surface area contributed by atoms with Crippen molar-refractivity contribution in [3.63, 3.8) is 0 Å². The highest BCUT2D eigenvalue weighted by Gasteiger charge is 2.20. The Morgan fingerprint density at radius 2 is 1.95 bits per heavy atom. The lowest BCUT2D eigenvalue weighted by atomic mass is 10.1. The summed E-state index contributed by atoms with van der Waals surface area (Å²) in [5.74, 6) is 1.25. The van der Waals surface area contributed by atoms with Crippen LogP contribution in [0.1, 0.15) is 24.0 Å². The Kier molecular flexibility index (Phi) is 7.29. The van der Waals surface area contributed by atoms with Crippen LogP contribution in [0, 0.1) is 19.8 Å². The number of aryl methyl sites for hydroxylation is 2. The number of nitrogens with zero attached hydrogens (tertiary/aromatic N) is 1. The monoisotopic (exact) mass is 389 g/mol. The van der Waals surface area contributed by atoms with Crippen molar-refractivity contribution in [3.8, 4) is 0 Å². The number of rotatable bonds is 6. The topological polar surface area (TPSA) is 59.6 Å². The number of aliphatic imine (C=N–C) groups is 1. The van der Waals surface area contributed by atoms with Gasteiger partial charge in [0.05, 0.1) is 13.2 Å². The standard InChI is InChI=1S/C15H23N3O.HI/c1-11-7-12(2)9-14(8-11)18-15(16)17-5-6-19-10-13-3-4-13;/h7-9,13H,3-6,10H2,1-2H3,(H3,16,17,18);1H. The van der Waals surface area contributed by atoms with Crippen molar-refractivity contribution in [1.29, 1.82) is 0 Å². The van der Waals surface area contributed by atoms with Crippen LogP contribution in [0.5, 0.6) is 0 Å². The number of guanidine groups is 1. The smallest absolute Gasteiger partial charge is 0.193 e. The first-order valence-electron chi connectivity index (χ1n) is 6.86. The number of ether oxygens (including phenoxy) is 1. The van der Waals surface area contributed by atoms with Gasteiger partial charge in [0, 0.05) is 12.3 Å². The van der Waals surface area contributed by atoms with E-state index in [0.717, 1.165) is 18.2 Å². The summed E-state index contributed by atoms with van der Waals surface area (Å²) < 4.78 is 5.51. The molecule has 0 spiro atoms. The molecule has 1 aromatic carbocycles. The molecule has 1 aromatic rings. The first kappa shape index (κ1) is 17.2. The zero-order chi connectivity index (χ0) is 13.7. The second-order valence-electron chi connectivity index (χ2n) is 5.29. The summed E-state index contributed by atoms with van der Waals surface area (Å²) in [7, 11) is 0. The van der Waals surface area contributed by atoms with E-state index in [4.69, 9.17) is 10.5 Å². The summed E-state index contributed by atoms with van der Waals surface area (Å²) in [4.78, 5) is 4.25. The van der Waals surface area contributed by atoms with E-state index in [2.05, 4.69) is 42.4 Å². The Balaban J connectivity index is 0.00000200. The van der Waals surface area contributed by atoms with Crippen LogP contribution in [0.3, 0.4) is 0 Å². The zero-order valence-electron chi connectivity index (χ0n) is 12.2. The molecule has 20 heavy (non-hydrogen) atoms. The number of hydrogen-bond acceptors (Lipinski definition) is 2. The van der Waals surface area contributed by atoms with Crippen molar-refractivity contribution in [3.05, 3.63) is 29.3 Å². The van der Waals surface area contributed by atoms with Gasteiger partial charge < -0.3 is 15.8 Å². The molecule has 1 saturated carbocycles. The average Bonchev–Trinajstić information content (AvgIpc) is 3.11. The molecule has 0 saturated heterocycles. The molecule has 0 atom stereocenters. The fraction of sp³-hybridized carbons (Fsp3) is 0.533. The molecular formula is C15H24IN3O. The summed E-state index contributed by atoms with van der Waals surface area (Å²) in [5.41, 5.74) is 9.25. The highest BCUT2D eigenvalue weighted by atomic mass is 127. The maximum Gasteiger partial charge on any atom is 0.193 e. The molecule has 3 N–H and O–H groups in total. The number of nitrogens with two attached hydrogens (primary N) is 1. The maximum absolute atomic E-state index is 5.84. The number of hydrogen-bond donors (Lipinski definition) is 2. The van der Waals surface area contributed by atoms with Crippen molar-refractivity contribution < 1.29 is 4.74 Å². The summed E-state index contributed by atoms with van der Waals surface area (Å²) >= 11 is 0. The van der Waals surface area contributed by atoms with Crippen molar-refractivity contribution in [2.24, 2.45) is 16.6 Å².